The van der Waals surface area contributed by atoms with Crippen LogP contribution in [0.3, 0.4) is 0 Å². The number of hydrogen-bond acceptors (Lipinski definition) is 3. The number of terminal acetylenes is 1. The summed E-state index contributed by atoms with van der Waals surface area (Å²) in [6, 6.07) is 6.34. The monoisotopic (exact) mass is 339 g/mol. The normalized spacial score (nSPS) is 25.6. The Balaban J connectivity index is 0.000000213. The quantitative estimate of drug-likeness (QED) is 0.803. The standard InChI is InChI=1S/C14H19NO3.C7H6/c1-3-10-8-9-11-12(6-5-7-13(11)16)15(10)14(17)18-4-2;1-5-2-6-4-7(6)3-5/h1,6,10-11,13,16H,4-5,7-9H2,2H3;2-4H,1H3. The van der Waals surface area contributed by atoms with Gasteiger partial charge in [-0.15, -0.1) is 6.42 Å². The fourth-order valence-electron chi connectivity index (χ4n) is 3.71. The van der Waals surface area contributed by atoms with Crippen molar-refractivity contribution in [3.63, 3.8) is 0 Å². The fraction of sp³-hybridized carbons (Fsp3) is 0.476. The van der Waals surface area contributed by atoms with Crippen LogP contribution in [0.1, 0.15) is 38.2 Å². The molecule has 4 heteroatoms. The molecule has 1 aliphatic heterocycles. The van der Waals surface area contributed by atoms with Gasteiger partial charge in [-0.25, -0.2) is 4.79 Å². The maximum atomic E-state index is 12.0. The molecule has 3 atom stereocenters. The van der Waals surface area contributed by atoms with Gasteiger partial charge in [-0.05, 0) is 62.3 Å². The van der Waals surface area contributed by atoms with Gasteiger partial charge in [0, 0.05) is 11.6 Å². The van der Waals surface area contributed by atoms with E-state index >= 15 is 0 Å². The molecule has 1 amide bonds. The molecule has 3 aliphatic carbocycles. The zero-order valence-corrected chi connectivity index (χ0v) is 14.9. The Labute approximate surface area is 149 Å². The first-order valence-electron chi connectivity index (χ1n) is 8.97. The molecule has 132 valence electrons. The van der Waals surface area contributed by atoms with Gasteiger partial charge < -0.3 is 9.84 Å². The van der Waals surface area contributed by atoms with Crippen LogP contribution in [0.2, 0.25) is 0 Å². The first kappa shape index (κ1) is 17.6. The Morgan fingerprint density at radius 3 is 2.60 bits per heavy atom. The van der Waals surface area contributed by atoms with E-state index in [0.29, 0.717) is 13.0 Å². The Morgan fingerprint density at radius 1 is 1.32 bits per heavy atom. The summed E-state index contributed by atoms with van der Waals surface area (Å²) in [6.07, 6.45) is 9.82. The molecular formula is C21H25NO3. The number of carbonyl (C=O) groups excluding carboxylic acids is 1. The number of aliphatic hydroxyl groups excluding tert-OH is 1. The van der Waals surface area contributed by atoms with Crippen molar-refractivity contribution >= 4 is 6.09 Å². The summed E-state index contributed by atoms with van der Waals surface area (Å²) < 4.78 is 5.07. The largest absolute Gasteiger partial charge is 0.449 e. The second-order valence-corrected chi connectivity index (χ2v) is 6.80. The van der Waals surface area contributed by atoms with Crippen molar-refractivity contribution < 1.29 is 14.6 Å². The van der Waals surface area contributed by atoms with Gasteiger partial charge in [-0.1, -0.05) is 24.1 Å². The highest BCUT2D eigenvalue weighted by Gasteiger charge is 2.40. The summed E-state index contributed by atoms with van der Waals surface area (Å²) in [6.45, 7) is 4.22. The number of likely N-dealkylation sites (tertiary alicyclic amines) is 1. The number of piperidine rings is 1. The first-order chi connectivity index (χ1) is 12.0. The summed E-state index contributed by atoms with van der Waals surface area (Å²) in [7, 11) is 0. The van der Waals surface area contributed by atoms with Gasteiger partial charge in [-0.3, -0.25) is 4.90 Å². The summed E-state index contributed by atoms with van der Waals surface area (Å²) in [5.74, 6) is 2.66. The van der Waals surface area contributed by atoms with Crippen molar-refractivity contribution in [2.24, 2.45) is 5.92 Å². The molecule has 1 fully saturated rings. The molecule has 0 aromatic rings. The molecule has 1 N–H and O–H groups in total. The van der Waals surface area contributed by atoms with Gasteiger partial charge in [0.1, 0.15) is 6.04 Å². The Hall–Kier alpha value is -2.25. The van der Waals surface area contributed by atoms with E-state index in [9.17, 15) is 9.90 Å². The number of ether oxygens (including phenoxy) is 1. The van der Waals surface area contributed by atoms with Crippen LogP contribution >= 0.6 is 0 Å². The van der Waals surface area contributed by atoms with Crippen LogP contribution < -0.4 is 0 Å². The van der Waals surface area contributed by atoms with Crippen LogP contribution in [0.4, 0.5) is 4.79 Å². The third kappa shape index (κ3) is 3.72. The molecule has 1 saturated heterocycles. The number of hydrogen-bond donors (Lipinski definition) is 1. The number of aliphatic hydroxyl groups is 1. The van der Waals surface area contributed by atoms with E-state index in [-0.39, 0.29) is 18.1 Å². The van der Waals surface area contributed by atoms with Crippen molar-refractivity contribution in [1.82, 2.24) is 4.90 Å². The number of fused-ring (bicyclic) bond motifs is 2. The van der Waals surface area contributed by atoms with Gasteiger partial charge in [0.15, 0.2) is 0 Å². The summed E-state index contributed by atoms with van der Waals surface area (Å²) in [4.78, 5) is 13.6. The van der Waals surface area contributed by atoms with Crippen LogP contribution in [-0.4, -0.2) is 34.9 Å². The molecule has 0 aromatic carbocycles. The maximum absolute atomic E-state index is 12.0. The lowest BCUT2D eigenvalue weighted by molar-refractivity contribution is 0.0493. The third-order valence-electron chi connectivity index (χ3n) is 4.99. The van der Waals surface area contributed by atoms with E-state index in [0.717, 1.165) is 25.0 Å². The van der Waals surface area contributed by atoms with E-state index in [1.807, 2.05) is 6.08 Å². The smallest absolute Gasteiger partial charge is 0.415 e. The zero-order valence-electron chi connectivity index (χ0n) is 14.9. The second kappa shape index (κ2) is 7.33. The average Bonchev–Trinajstić information content (AvgIpc) is 3.21. The SMILES string of the molecule is C#CC1CCC2C(=CCCC2O)N1C(=O)OCC.Cc1cc2cc-2c1. The van der Waals surface area contributed by atoms with Gasteiger partial charge in [0.05, 0.1) is 12.7 Å². The minimum Gasteiger partial charge on any atom is -0.449 e. The number of allylic oxidation sites excluding steroid dienone is 1. The topological polar surface area (TPSA) is 49.8 Å². The van der Waals surface area contributed by atoms with E-state index in [1.165, 1.54) is 16.7 Å². The molecule has 1 heterocycles. The lowest BCUT2D eigenvalue weighted by atomic mass is 9.80. The number of nitrogens with zero attached hydrogens (tertiary/aromatic N) is 1. The lowest BCUT2D eigenvalue weighted by Crippen LogP contribution is -2.48. The van der Waals surface area contributed by atoms with Gasteiger partial charge in [0.25, 0.3) is 0 Å². The molecule has 3 unspecified atom stereocenters. The highest BCUT2D eigenvalue weighted by atomic mass is 16.6. The Bertz CT molecular complexity index is 711. The number of aryl methyl sites for hydroxylation is 1. The molecule has 4 aliphatic rings. The van der Waals surface area contributed by atoms with E-state index < -0.39 is 6.09 Å². The van der Waals surface area contributed by atoms with Gasteiger partial charge >= 0.3 is 6.09 Å². The first-order valence-corrected chi connectivity index (χ1v) is 8.97. The predicted octanol–water partition coefficient (Wildman–Crippen LogP) is 3.87. The van der Waals surface area contributed by atoms with E-state index in [1.54, 1.807) is 11.8 Å². The number of amides is 1. The zero-order chi connectivity index (χ0) is 18.0. The van der Waals surface area contributed by atoms with Gasteiger partial charge in [0.2, 0.25) is 0 Å². The van der Waals surface area contributed by atoms with Crippen molar-refractivity contribution in [3.8, 4) is 23.5 Å². The lowest BCUT2D eigenvalue weighted by Gasteiger charge is -2.42. The second-order valence-electron chi connectivity index (χ2n) is 6.80. The fourth-order valence-corrected chi connectivity index (χ4v) is 3.71. The molecule has 4 rings (SSSR count). The minimum absolute atomic E-state index is 0.0211. The Kier molecular flexibility index (Phi) is 5.15. The van der Waals surface area contributed by atoms with Crippen molar-refractivity contribution in [1.29, 1.82) is 0 Å². The molecule has 25 heavy (non-hydrogen) atoms. The van der Waals surface area contributed by atoms with E-state index in [2.05, 4.69) is 31.0 Å². The number of rotatable bonds is 1. The number of carbonyl (C=O) groups is 1. The molecule has 0 aromatic heterocycles. The molecule has 0 bridgehead atoms. The van der Waals surface area contributed by atoms with Crippen LogP contribution in [0, 0.1) is 25.2 Å². The molecule has 4 nitrogen and oxygen atoms in total. The van der Waals surface area contributed by atoms with Crippen LogP contribution in [0.25, 0.3) is 11.1 Å². The molecule has 0 spiro atoms. The summed E-state index contributed by atoms with van der Waals surface area (Å²) in [5, 5.41) is 10.0. The summed E-state index contributed by atoms with van der Waals surface area (Å²) >= 11 is 0. The molecule has 0 radical (unpaired) electrons. The third-order valence-corrected chi connectivity index (χ3v) is 4.99. The highest BCUT2D eigenvalue weighted by molar-refractivity contribution is 5.82. The highest BCUT2D eigenvalue weighted by Crippen LogP contribution is 2.38. The van der Waals surface area contributed by atoms with E-state index in [4.69, 9.17) is 11.2 Å². The predicted molar refractivity (Wildman–Crippen MR) is 97.7 cm³/mol. The molecular weight excluding hydrogens is 314 g/mol. The van der Waals surface area contributed by atoms with Crippen LogP contribution in [0.5, 0.6) is 0 Å². The van der Waals surface area contributed by atoms with Crippen molar-refractivity contribution in [2.45, 2.75) is 51.7 Å². The van der Waals surface area contributed by atoms with Crippen molar-refractivity contribution in [2.75, 3.05) is 6.61 Å². The summed E-state index contributed by atoms with van der Waals surface area (Å²) in [5.41, 5.74) is 5.13. The molecule has 0 saturated carbocycles. The number of benzene rings is 1. The van der Waals surface area contributed by atoms with Crippen LogP contribution in [0.15, 0.2) is 30.0 Å². The maximum Gasteiger partial charge on any atom is 0.415 e. The van der Waals surface area contributed by atoms with Gasteiger partial charge in [-0.2, -0.15) is 0 Å². The Morgan fingerprint density at radius 2 is 2.04 bits per heavy atom. The average molecular weight is 339 g/mol. The van der Waals surface area contributed by atoms with Crippen LogP contribution in [-0.2, 0) is 4.74 Å². The minimum atomic E-state index is -0.398. The van der Waals surface area contributed by atoms with Crippen molar-refractivity contribution in [3.05, 3.63) is 35.5 Å².